The number of para-hydroxylation sites is 1. The van der Waals surface area contributed by atoms with Gasteiger partial charge in [-0.1, -0.05) is 30.3 Å². The van der Waals surface area contributed by atoms with Crippen molar-refractivity contribution >= 4 is 11.5 Å². The predicted octanol–water partition coefficient (Wildman–Crippen LogP) is 3.07. The van der Waals surface area contributed by atoms with Gasteiger partial charge in [-0.3, -0.25) is 15.5 Å². The van der Waals surface area contributed by atoms with E-state index in [1.807, 2.05) is 30.5 Å². The number of nitrogens with two attached hydrogens (primary N) is 1. The summed E-state index contributed by atoms with van der Waals surface area (Å²) in [6.07, 6.45) is 2.41. The highest BCUT2D eigenvalue weighted by Crippen LogP contribution is 2.39. The average molecular weight is 538 g/mol. The zero-order valence-corrected chi connectivity index (χ0v) is 22.8. The molecule has 1 atom stereocenters. The van der Waals surface area contributed by atoms with Gasteiger partial charge in [0, 0.05) is 57.6 Å². The van der Waals surface area contributed by atoms with Crippen LogP contribution in [0.4, 0.5) is 11.5 Å². The molecular formula is C30H35N9O. The Hall–Kier alpha value is -3.99. The van der Waals surface area contributed by atoms with Crippen molar-refractivity contribution in [2.75, 3.05) is 50.1 Å². The molecule has 3 aliphatic rings. The van der Waals surface area contributed by atoms with Gasteiger partial charge >= 0.3 is 0 Å². The number of piperazine rings is 1. The Morgan fingerprint density at radius 2 is 1.82 bits per heavy atom. The van der Waals surface area contributed by atoms with Gasteiger partial charge in [0.1, 0.15) is 11.6 Å². The summed E-state index contributed by atoms with van der Waals surface area (Å²) >= 11 is 0. The first kappa shape index (κ1) is 25.0. The second-order valence-electron chi connectivity index (χ2n) is 10.7. The highest BCUT2D eigenvalue weighted by molar-refractivity contribution is 5.80. The third kappa shape index (κ3) is 4.68. The summed E-state index contributed by atoms with van der Waals surface area (Å²) in [5.74, 6) is 3.39. The third-order valence-electron chi connectivity index (χ3n) is 8.27. The van der Waals surface area contributed by atoms with Gasteiger partial charge in [-0.2, -0.15) is 5.10 Å². The van der Waals surface area contributed by atoms with E-state index >= 15 is 0 Å². The number of pyridine rings is 1. The van der Waals surface area contributed by atoms with Gasteiger partial charge in [0.2, 0.25) is 0 Å². The van der Waals surface area contributed by atoms with Crippen LogP contribution in [0.15, 0.2) is 60.8 Å². The molecule has 1 saturated heterocycles. The minimum Gasteiger partial charge on any atom is -0.495 e. The van der Waals surface area contributed by atoms with E-state index in [1.165, 1.54) is 16.7 Å². The van der Waals surface area contributed by atoms with Crippen LogP contribution in [-0.4, -0.2) is 69.4 Å². The molecule has 40 heavy (non-hydrogen) atoms. The molecule has 0 bridgehead atoms. The van der Waals surface area contributed by atoms with E-state index in [4.69, 9.17) is 20.6 Å². The van der Waals surface area contributed by atoms with E-state index in [1.54, 1.807) is 11.8 Å². The van der Waals surface area contributed by atoms with Crippen LogP contribution in [0.1, 0.15) is 28.8 Å². The number of nitrogens with zero attached hydrogens (tertiary/aromatic N) is 7. The quantitative estimate of drug-likeness (QED) is 0.384. The first-order valence-electron chi connectivity index (χ1n) is 14.0. The van der Waals surface area contributed by atoms with E-state index in [0.29, 0.717) is 6.54 Å². The molecule has 2 aromatic carbocycles. The van der Waals surface area contributed by atoms with Gasteiger partial charge in [0.25, 0.3) is 0 Å². The second-order valence-corrected chi connectivity index (χ2v) is 10.7. The topological polar surface area (TPSA) is 101 Å². The number of ether oxygens (including phenoxy) is 1. The van der Waals surface area contributed by atoms with Crippen molar-refractivity contribution in [1.82, 2.24) is 29.5 Å². The molecule has 0 spiro atoms. The average Bonchev–Trinajstić information content (AvgIpc) is 3.43. The summed E-state index contributed by atoms with van der Waals surface area (Å²) in [5.41, 5.74) is 12.6. The number of benzene rings is 2. The van der Waals surface area contributed by atoms with Crippen molar-refractivity contribution in [3.63, 3.8) is 0 Å². The minimum absolute atomic E-state index is 0.494. The van der Waals surface area contributed by atoms with Crippen LogP contribution >= 0.6 is 0 Å². The van der Waals surface area contributed by atoms with Crippen LogP contribution in [0, 0.1) is 0 Å². The van der Waals surface area contributed by atoms with E-state index < -0.39 is 6.29 Å². The smallest absolute Gasteiger partial charge is 0.175 e. The minimum atomic E-state index is -0.494. The lowest BCUT2D eigenvalue weighted by atomic mass is 9.94. The van der Waals surface area contributed by atoms with Gasteiger partial charge in [-0.05, 0) is 47.4 Å². The van der Waals surface area contributed by atoms with Crippen LogP contribution in [0.2, 0.25) is 0 Å². The van der Waals surface area contributed by atoms with Gasteiger partial charge in [0.15, 0.2) is 17.9 Å². The molecular weight excluding hydrogens is 502 g/mol. The molecule has 4 aromatic rings. The highest BCUT2D eigenvalue weighted by Gasteiger charge is 2.29. The first-order chi connectivity index (χ1) is 19.7. The van der Waals surface area contributed by atoms with Crippen LogP contribution in [0.3, 0.4) is 0 Å². The molecule has 0 amide bonds. The number of fused-ring (bicyclic) bond motifs is 4. The number of hydrogen-bond acceptors (Lipinski definition) is 9. The molecule has 0 radical (unpaired) electrons. The fourth-order valence-electron chi connectivity index (χ4n) is 6.16. The number of hydrogen-bond donors (Lipinski definition) is 2. The maximum atomic E-state index is 6.41. The number of nitrogens with one attached hydrogen (secondary N) is 1. The Morgan fingerprint density at radius 3 is 2.65 bits per heavy atom. The standard InChI is InChI=1S/C30H35N9O/c1-40-25-9-5-8-23-28(25)34-30(31)39-29(23)33-26(35-39)20-37-13-11-21-6-4-7-22(24(21)19-37)18-36-14-16-38(17-15-36)27-10-2-3-12-32-27/h2-10,12,30,34H,11,13-20,31H2,1H3. The van der Waals surface area contributed by atoms with E-state index in [9.17, 15) is 0 Å². The van der Waals surface area contributed by atoms with Crippen molar-refractivity contribution in [2.24, 2.45) is 5.73 Å². The Balaban J connectivity index is 1.05. The van der Waals surface area contributed by atoms with E-state index in [2.05, 4.69) is 55.3 Å². The lowest BCUT2D eigenvalue weighted by molar-refractivity contribution is 0.228. The molecule has 1 fully saturated rings. The normalized spacial score (nSPS) is 18.9. The lowest BCUT2D eigenvalue weighted by Gasteiger charge is -2.36. The molecule has 3 N–H and O–H groups in total. The lowest BCUT2D eigenvalue weighted by Crippen LogP contribution is -2.46. The van der Waals surface area contributed by atoms with E-state index in [-0.39, 0.29) is 0 Å². The molecule has 3 aliphatic heterocycles. The van der Waals surface area contributed by atoms with Crippen molar-refractivity contribution in [1.29, 1.82) is 0 Å². The van der Waals surface area contributed by atoms with Crippen molar-refractivity contribution in [2.45, 2.75) is 32.3 Å². The molecule has 0 saturated carbocycles. The molecule has 10 heteroatoms. The second kappa shape index (κ2) is 10.5. The van der Waals surface area contributed by atoms with Crippen molar-refractivity contribution < 1.29 is 4.74 Å². The van der Waals surface area contributed by atoms with Gasteiger partial charge in [-0.15, -0.1) is 0 Å². The summed E-state index contributed by atoms with van der Waals surface area (Å²) in [4.78, 5) is 16.9. The molecule has 2 aromatic heterocycles. The summed E-state index contributed by atoms with van der Waals surface area (Å²) in [7, 11) is 1.66. The maximum Gasteiger partial charge on any atom is 0.175 e. The summed E-state index contributed by atoms with van der Waals surface area (Å²) in [6.45, 7) is 7.62. The first-order valence-corrected chi connectivity index (χ1v) is 14.0. The maximum absolute atomic E-state index is 6.41. The Labute approximate surface area is 234 Å². The summed E-state index contributed by atoms with van der Waals surface area (Å²) in [5, 5.41) is 8.11. The fourth-order valence-corrected chi connectivity index (χ4v) is 6.16. The van der Waals surface area contributed by atoms with Crippen LogP contribution in [-0.2, 0) is 26.1 Å². The Bertz CT molecular complexity index is 1500. The number of methoxy groups -OCH3 is 1. The van der Waals surface area contributed by atoms with Crippen LogP contribution < -0.4 is 20.7 Å². The van der Waals surface area contributed by atoms with Gasteiger partial charge < -0.3 is 15.0 Å². The van der Waals surface area contributed by atoms with Crippen LogP contribution in [0.5, 0.6) is 5.75 Å². The van der Waals surface area contributed by atoms with Crippen LogP contribution in [0.25, 0.3) is 11.4 Å². The number of aromatic nitrogens is 4. The largest absolute Gasteiger partial charge is 0.495 e. The van der Waals surface area contributed by atoms with Crippen molar-refractivity contribution in [3.8, 4) is 17.1 Å². The number of anilines is 2. The number of rotatable bonds is 6. The Kier molecular flexibility index (Phi) is 6.58. The fraction of sp³-hybridized carbons (Fsp3) is 0.367. The molecule has 1 unspecified atom stereocenters. The third-order valence-corrected chi connectivity index (χ3v) is 8.27. The predicted molar refractivity (Wildman–Crippen MR) is 155 cm³/mol. The zero-order chi connectivity index (χ0) is 27.1. The molecule has 5 heterocycles. The van der Waals surface area contributed by atoms with E-state index in [0.717, 1.165) is 86.7 Å². The molecule has 10 nitrogen and oxygen atoms in total. The molecule has 7 rings (SSSR count). The summed E-state index contributed by atoms with van der Waals surface area (Å²) < 4.78 is 7.32. The monoisotopic (exact) mass is 537 g/mol. The Morgan fingerprint density at radius 1 is 0.950 bits per heavy atom. The van der Waals surface area contributed by atoms with Gasteiger partial charge in [0.05, 0.1) is 19.3 Å². The zero-order valence-electron chi connectivity index (χ0n) is 22.8. The van der Waals surface area contributed by atoms with Crippen molar-refractivity contribution in [3.05, 3.63) is 83.3 Å². The summed E-state index contributed by atoms with van der Waals surface area (Å²) in [6, 6.07) is 18.9. The van der Waals surface area contributed by atoms with Gasteiger partial charge in [-0.25, -0.2) is 14.6 Å². The molecule has 206 valence electrons. The molecule has 0 aliphatic carbocycles. The highest BCUT2D eigenvalue weighted by atomic mass is 16.5. The SMILES string of the molecule is COc1cccc2c1NC(N)n1nc(CN3CCc4cccc(CN5CCN(c6ccccn6)CC5)c4C3)nc1-2.